The third-order valence-corrected chi connectivity index (χ3v) is 2.92. The van der Waals surface area contributed by atoms with Crippen LogP contribution in [0.5, 0.6) is 0 Å². The first-order valence-electron chi connectivity index (χ1n) is 5.23. The molecule has 3 nitrogen and oxygen atoms in total. The largest absolute Gasteiger partial charge is 0.480 e. The van der Waals surface area contributed by atoms with E-state index in [0.29, 0.717) is 12.5 Å². The molecule has 1 aromatic rings. The van der Waals surface area contributed by atoms with Crippen molar-refractivity contribution in [1.82, 2.24) is 5.32 Å². The summed E-state index contributed by atoms with van der Waals surface area (Å²) in [6, 6.07) is 6.72. The average Bonchev–Trinajstić information content (AvgIpc) is 2.20. The number of carboxylic acids is 1. The maximum atomic E-state index is 11.2. The Hall–Kier alpha value is -0.870. The molecule has 2 N–H and O–H groups in total. The van der Waals surface area contributed by atoms with Gasteiger partial charge < -0.3 is 10.4 Å². The van der Waals surface area contributed by atoms with Crippen molar-refractivity contribution in [1.29, 1.82) is 0 Å². The van der Waals surface area contributed by atoms with E-state index >= 15 is 0 Å². The van der Waals surface area contributed by atoms with Crippen molar-refractivity contribution < 1.29 is 9.90 Å². The number of carboxylic acid groups (broad SMARTS) is 1. The second-order valence-electron chi connectivity index (χ2n) is 4.09. The lowest BCUT2D eigenvalue weighted by Gasteiger charge is -2.17. The van der Waals surface area contributed by atoms with E-state index in [-0.39, 0.29) is 0 Å². The van der Waals surface area contributed by atoms with E-state index in [2.05, 4.69) is 21.2 Å². The number of nitrogens with one attached hydrogen (secondary N) is 1. The molecule has 1 rings (SSSR count). The van der Waals surface area contributed by atoms with Gasteiger partial charge in [0.25, 0.3) is 0 Å². The number of rotatable bonds is 5. The fourth-order valence-corrected chi connectivity index (χ4v) is 1.91. The first-order valence-corrected chi connectivity index (χ1v) is 6.02. The van der Waals surface area contributed by atoms with Gasteiger partial charge in [0.2, 0.25) is 0 Å². The summed E-state index contributed by atoms with van der Waals surface area (Å²) in [5.74, 6) is -0.433. The lowest BCUT2D eigenvalue weighted by molar-refractivity contribution is -0.139. The number of hydrogen-bond acceptors (Lipinski definition) is 2. The van der Waals surface area contributed by atoms with Crippen LogP contribution in [0.1, 0.15) is 25.5 Å². The van der Waals surface area contributed by atoms with Gasteiger partial charge in [0.1, 0.15) is 6.04 Å². The minimum Gasteiger partial charge on any atom is -0.480 e. The quantitative estimate of drug-likeness (QED) is 0.875. The third-order valence-electron chi connectivity index (χ3n) is 2.19. The Morgan fingerprint density at radius 3 is 2.56 bits per heavy atom. The van der Waals surface area contributed by atoms with E-state index in [1.54, 1.807) is 0 Å². The Bertz CT molecular complexity index is 366. The fourth-order valence-electron chi connectivity index (χ4n) is 1.39. The van der Waals surface area contributed by atoms with Crippen molar-refractivity contribution in [3.05, 3.63) is 34.3 Å². The van der Waals surface area contributed by atoms with Crippen LogP contribution < -0.4 is 5.32 Å². The molecule has 0 aliphatic carbocycles. The van der Waals surface area contributed by atoms with Crippen LogP contribution in [0.25, 0.3) is 0 Å². The van der Waals surface area contributed by atoms with Crippen LogP contribution in [-0.2, 0) is 4.79 Å². The van der Waals surface area contributed by atoms with E-state index < -0.39 is 12.0 Å². The standard InChI is InChI=1S/C12H16BrNO2/c1-8(2)7-14-11(12(15)16)9-5-3-4-6-10(9)13/h3-6,8,11,14H,7H2,1-2H3,(H,15,16). The van der Waals surface area contributed by atoms with Gasteiger partial charge in [-0.3, -0.25) is 4.79 Å². The third kappa shape index (κ3) is 3.61. The van der Waals surface area contributed by atoms with Gasteiger partial charge in [0.05, 0.1) is 0 Å². The molecule has 0 saturated carbocycles. The Kier molecular flexibility index (Phi) is 4.96. The minimum atomic E-state index is -0.854. The highest BCUT2D eigenvalue weighted by Gasteiger charge is 2.21. The lowest BCUT2D eigenvalue weighted by atomic mass is 10.1. The van der Waals surface area contributed by atoms with Gasteiger partial charge in [-0.15, -0.1) is 0 Å². The van der Waals surface area contributed by atoms with Crippen molar-refractivity contribution in [2.45, 2.75) is 19.9 Å². The molecule has 0 radical (unpaired) electrons. The van der Waals surface area contributed by atoms with Gasteiger partial charge in [-0.2, -0.15) is 0 Å². The normalized spacial score (nSPS) is 12.8. The topological polar surface area (TPSA) is 49.3 Å². The Morgan fingerprint density at radius 2 is 2.06 bits per heavy atom. The number of halogens is 1. The number of hydrogen-bond donors (Lipinski definition) is 2. The fraction of sp³-hybridized carbons (Fsp3) is 0.417. The van der Waals surface area contributed by atoms with Crippen molar-refractivity contribution >= 4 is 21.9 Å². The van der Waals surface area contributed by atoms with Crippen LogP contribution in [0.2, 0.25) is 0 Å². The van der Waals surface area contributed by atoms with Crippen LogP contribution in [-0.4, -0.2) is 17.6 Å². The smallest absolute Gasteiger partial charge is 0.325 e. The number of aliphatic carboxylic acids is 1. The highest BCUT2D eigenvalue weighted by atomic mass is 79.9. The summed E-state index contributed by atoms with van der Waals surface area (Å²) in [7, 11) is 0. The predicted octanol–water partition coefficient (Wildman–Crippen LogP) is 2.82. The monoisotopic (exact) mass is 285 g/mol. The van der Waals surface area contributed by atoms with E-state index in [1.165, 1.54) is 0 Å². The van der Waals surface area contributed by atoms with Crippen LogP contribution in [0, 0.1) is 5.92 Å². The molecule has 16 heavy (non-hydrogen) atoms. The van der Waals surface area contributed by atoms with Gasteiger partial charge in [0, 0.05) is 4.47 Å². The number of benzene rings is 1. The van der Waals surface area contributed by atoms with Crippen LogP contribution in [0.4, 0.5) is 0 Å². The maximum absolute atomic E-state index is 11.2. The van der Waals surface area contributed by atoms with E-state index in [4.69, 9.17) is 0 Å². The van der Waals surface area contributed by atoms with Crippen molar-refractivity contribution in [3.63, 3.8) is 0 Å². The molecule has 1 unspecified atom stereocenters. The summed E-state index contributed by atoms with van der Waals surface area (Å²) >= 11 is 3.37. The summed E-state index contributed by atoms with van der Waals surface area (Å²) in [4.78, 5) is 11.2. The van der Waals surface area contributed by atoms with Gasteiger partial charge in [0.15, 0.2) is 0 Å². The van der Waals surface area contributed by atoms with Gasteiger partial charge in [-0.25, -0.2) is 0 Å². The lowest BCUT2D eigenvalue weighted by Crippen LogP contribution is -2.31. The van der Waals surface area contributed by atoms with Gasteiger partial charge in [-0.05, 0) is 24.1 Å². The molecule has 1 aromatic carbocycles. The summed E-state index contributed by atoms with van der Waals surface area (Å²) < 4.78 is 0.818. The van der Waals surface area contributed by atoms with Crippen molar-refractivity contribution in [2.75, 3.05) is 6.54 Å². The zero-order valence-electron chi connectivity index (χ0n) is 9.40. The van der Waals surface area contributed by atoms with E-state index in [0.717, 1.165) is 10.0 Å². The molecule has 0 amide bonds. The van der Waals surface area contributed by atoms with Gasteiger partial charge >= 0.3 is 5.97 Å². The molecule has 0 bridgehead atoms. The zero-order chi connectivity index (χ0) is 12.1. The molecule has 0 spiro atoms. The van der Waals surface area contributed by atoms with Gasteiger partial charge in [-0.1, -0.05) is 48.0 Å². The molecule has 0 heterocycles. The second-order valence-corrected chi connectivity index (χ2v) is 4.95. The molecular formula is C12H16BrNO2. The highest BCUT2D eigenvalue weighted by Crippen LogP contribution is 2.23. The Balaban J connectivity index is 2.86. The van der Waals surface area contributed by atoms with Crippen LogP contribution >= 0.6 is 15.9 Å². The number of carbonyl (C=O) groups is 1. The average molecular weight is 286 g/mol. The summed E-state index contributed by atoms with van der Waals surface area (Å²) in [5.41, 5.74) is 0.760. The Morgan fingerprint density at radius 1 is 1.44 bits per heavy atom. The molecular weight excluding hydrogens is 270 g/mol. The summed E-state index contributed by atoms with van der Waals surface area (Å²) in [5, 5.41) is 12.2. The summed E-state index contributed by atoms with van der Waals surface area (Å²) in [6.45, 7) is 4.77. The van der Waals surface area contributed by atoms with Crippen molar-refractivity contribution in [3.8, 4) is 0 Å². The molecule has 0 fully saturated rings. The maximum Gasteiger partial charge on any atom is 0.325 e. The van der Waals surface area contributed by atoms with E-state index in [9.17, 15) is 9.90 Å². The highest BCUT2D eigenvalue weighted by molar-refractivity contribution is 9.10. The first kappa shape index (κ1) is 13.2. The van der Waals surface area contributed by atoms with Crippen LogP contribution in [0.3, 0.4) is 0 Å². The van der Waals surface area contributed by atoms with Crippen molar-refractivity contribution in [2.24, 2.45) is 5.92 Å². The molecule has 0 aromatic heterocycles. The summed E-state index contributed by atoms with van der Waals surface area (Å²) in [6.07, 6.45) is 0. The SMILES string of the molecule is CC(C)CNC(C(=O)O)c1ccccc1Br. The second kappa shape index (κ2) is 6.01. The molecule has 0 saturated heterocycles. The first-order chi connectivity index (χ1) is 7.52. The molecule has 4 heteroatoms. The molecule has 0 aliphatic rings. The zero-order valence-corrected chi connectivity index (χ0v) is 11.0. The Labute approximate surface area is 104 Å². The van der Waals surface area contributed by atoms with Crippen LogP contribution in [0.15, 0.2) is 28.7 Å². The molecule has 0 aliphatic heterocycles. The predicted molar refractivity (Wildman–Crippen MR) is 67.4 cm³/mol. The molecule has 88 valence electrons. The molecule has 1 atom stereocenters. The minimum absolute atomic E-state index is 0.421. The van der Waals surface area contributed by atoms with E-state index in [1.807, 2.05) is 38.1 Å².